The minimum Gasteiger partial charge on any atom is -0.496 e. The number of hydrogen-bond donors (Lipinski definition) is 2. The van der Waals surface area contributed by atoms with Gasteiger partial charge in [0.25, 0.3) is 0 Å². The molecule has 19 heavy (non-hydrogen) atoms. The molecule has 0 saturated carbocycles. The van der Waals surface area contributed by atoms with Crippen LogP contribution in [0.2, 0.25) is 5.02 Å². The lowest BCUT2D eigenvalue weighted by Crippen LogP contribution is -2.17. The molecule has 1 saturated heterocycles. The number of halogens is 1. The Morgan fingerprint density at radius 2 is 2.21 bits per heavy atom. The number of aliphatic carboxylic acids is 1. The quantitative estimate of drug-likeness (QED) is 0.895. The fourth-order valence-corrected chi connectivity index (χ4v) is 2.81. The van der Waals surface area contributed by atoms with E-state index in [0.29, 0.717) is 18.0 Å². The van der Waals surface area contributed by atoms with Crippen molar-refractivity contribution in [2.24, 2.45) is 5.92 Å². The zero-order valence-corrected chi connectivity index (χ0v) is 12.0. The highest BCUT2D eigenvalue weighted by atomic mass is 35.5. The Balaban J connectivity index is 2.38. The maximum atomic E-state index is 11.0. The summed E-state index contributed by atoms with van der Waals surface area (Å²) >= 11 is 6.22. The van der Waals surface area contributed by atoms with E-state index >= 15 is 0 Å². The van der Waals surface area contributed by atoms with Gasteiger partial charge in [-0.15, -0.1) is 0 Å². The molecule has 1 fully saturated rings. The Morgan fingerprint density at radius 3 is 2.74 bits per heavy atom. The van der Waals surface area contributed by atoms with Crippen LogP contribution in [-0.4, -0.2) is 24.7 Å². The maximum Gasteiger partial charge on any atom is 0.307 e. The van der Waals surface area contributed by atoms with Gasteiger partial charge in [0.1, 0.15) is 5.75 Å². The zero-order chi connectivity index (χ0) is 14.2. The lowest BCUT2D eigenvalue weighted by molar-refractivity contribution is -0.141. The van der Waals surface area contributed by atoms with Crippen LogP contribution in [0.1, 0.15) is 29.2 Å². The van der Waals surface area contributed by atoms with Crippen LogP contribution in [0, 0.1) is 19.8 Å². The van der Waals surface area contributed by atoms with Crippen LogP contribution in [-0.2, 0) is 4.79 Å². The molecule has 0 bridgehead atoms. The van der Waals surface area contributed by atoms with Crippen molar-refractivity contribution in [1.29, 1.82) is 0 Å². The number of carboxylic acids is 1. The number of benzene rings is 1. The molecule has 0 aromatic heterocycles. The summed E-state index contributed by atoms with van der Waals surface area (Å²) in [5.74, 6) is -0.346. The highest BCUT2D eigenvalue weighted by Crippen LogP contribution is 2.39. The first-order valence-corrected chi connectivity index (χ1v) is 6.63. The highest BCUT2D eigenvalue weighted by molar-refractivity contribution is 6.32. The van der Waals surface area contributed by atoms with Gasteiger partial charge in [0.05, 0.1) is 18.1 Å². The number of carbonyl (C=O) groups is 1. The summed E-state index contributed by atoms with van der Waals surface area (Å²) in [7, 11) is 1.61. The first-order chi connectivity index (χ1) is 8.95. The van der Waals surface area contributed by atoms with Crippen molar-refractivity contribution in [1.82, 2.24) is 5.32 Å². The van der Waals surface area contributed by atoms with Crippen molar-refractivity contribution < 1.29 is 14.6 Å². The van der Waals surface area contributed by atoms with Crippen molar-refractivity contribution in [3.63, 3.8) is 0 Å². The number of carboxylic acid groups (broad SMARTS) is 1. The summed E-state index contributed by atoms with van der Waals surface area (Å²) in [5, 5.41) is 13.0. The van der Waals surface area contributed by atoms with Crippen molar-refractivity contribution in [2.45, 2.75) is 26.3 Å². The molecule has 0 radical (unpaired) electrons. The largest absolute Gasteiger partial charge is 0.496 e. The van der Waals surface area contributed by atoms with E-state index in [1.54, 1.807) is 7.11 Å². The third-order valence-corrected chi connectivity index (χ3v) is 4.29. The minimum absolute atomic E-state index is 0.00529. The SMILES string of the molecule is COc1c(C2CC(C(=O)O)CN2)cc(C)c(Cl)c1C. The predicted molar refractivity (Wildman–Crippen MR) is 74.0 cm³/mol. The Bertz CT molecular complexity index is 516. The van der Waals surface area contributed by atoms with Gasteiger partial charge in [0.2, 0.25) is 0 Å². The van der Waals surface area contributed by atoms with Crippen molar-refractivity contribution >= 4 is 17.6 Å². The third-order valence-electron chi connectivity index (χ3n) is 3.71. The molecule has 1 aliphatic rings. The Morgan fingerprint density at radius 1 is 1.53 bits per heavy atom. The summed E-state index contributed by atoms with van der Waals surface area (Å²) < 4.78 is 5.45. The summed E-state index contributed by atoms with van der Waals surface area (Å²) in [4.78, 5) is 11.0. The van der Waals surface area contributed by atoms with Crippen LogP contribution < -0.4 is 10.1 Å². The van der Waals surface area contributed by atoms with Crippen LogP contribution in [0.3, 0.4) is 0 Å². The molecule has 5 heteroatoms. The van der Waals surface area contributed by atoms with Gasteiger partial charge >= 0.3 is 5.97 Å². The van der Waals surface area contributed by atoms with Crippen LogP contribution in [0.5, 0.6) is 5.75 Å². The highest BCUT2D eigenvalue weighted by Gasteiger charge is 2.32. The van der Waals surface area contributed by atoms with Crippen molar-refractivity contribution in [3.8, 4) is 5.75 Å². The fraction of sp³-hybridized carbons (Fsp3) is 0.500. The fourth-order valence-electron chi connectivity index (χ4n) is 2.66. The normalized spacial score (nSPS) is 22.5. The molecule has 2 unspecified atom stereocenters. The molecule has 1 aromatic carbocycles. The molecule has 4 nitrogen and oxygen atoms in total. The topological polar surface area (TPSA) is 58.6 Å². The predicted octanol–water partition coefficient (Wildman–Crippen LogP) is 2.70. The molecule has 1 aromatic rings. The number of aryl methyl sites for hydroxylation is 1. The molecule has 0 spiro atoms. The van der Waals surface area contributed by atoms with E-state index in [4.69, 9.17) is 21.4 Å². The monoisotopic (exact) mass is 283 g/mol. The van der Waals surface area contributed by atoms with E-state index in [0.717, 1.165) is 22.4 Å². The van der Waals surface area contributed by atoms with Gasteiger partial charge in [-0.25, -0.2) is 0 Å². The van der Waals surface area contributed by atoms with Crippen LogP contribution in [0.15, 0.2) is 6.07 Å². The zero-order valence-electron chi connectivity index (χ0n) is 11.3. The lowest BCUT2D eigenvalue weighted by atomic mass is 9.96. The molecule has 2 N–H and O–H groups in total. The first kappa shape index (κ1) is 14.2. The Labute approximate surface area is 117 Å². The number of rotatable bonds is 3. The Hall–Kier alpha value is -1.26. The third kappa shape index (κ3) is 2.55. The number of methoxy groups -OCH3 is 1. The van der Waals surface area contributed by atoms with Gasteiger partial charge in [-0.1, -0.05) is 11.6 Å². The summed E-state index contributed by atoms with van der Waals surface area (Å²) in [6.45, 7) is 4.35. The molecule has 0 amide bonds. The smallest absolute Gasteiger partial charge is 0.307 e. The van der Waals surface area contributed by atoms with E-state index in [1.165, 1.54) is 0 Å². The van der Waals surface area contributed by atoms with E-state index < -0.39 is 5.97 Å². The average molecular weight is 284 g/mol. The standard InChI is InChI=1S/C14H18ClNO3/c1-7-4-10(13(19-3)8(2)12(7)15)11-5-9(6-16-11)14(17)18/h4,9,11,16H,5-6H2,1-3H3,(H,17,18). The molecular formula is C14H18ClNO3. The molecular weight excluding hydrogens is 266 g/mol. The summed E-state index contributed by atoms with van der Waals surface area (Å²) in [6, 6.07) is 1.99. The van der Waals surface area contributed by atoms with Crippen LogP contribution in [0.4, 0.5) is 0 Å². The lowest BCUT2D eigenvalue weighted by Gasteiger charge is -2.19. The molecule has 2 rings (SSSR count). The molecule has 2 atom stereocenters. The first-order valence-electron chi connectivity index (χ1n) is 6.25. The van der Waals surface area contributed by atoms with Crippen LogP contribution >= 0.6 is 11.6 Å². The van der Waals surface area contributed by atoms with Crippen molar-refractivity contribution in [3.05, 3.63) is 27.8 Å². The molecule has 104 valence electrons. The van der Waals surface area contributed by atoms with Gasteiger partial charge in [0, 0.05) is 23.7 Å². The van der Waals surface area contributed by atoms with Gasteiger partial charge in [-0.3, -0.25) is 4.79 Å². The average Bonchev–Trinajstić information content (AvgIpc) is 2.85. The van der Waals surface area contributed by atoms with Crippen molar-refractivity contribution in [2.75, 3.05) is 13.7 Å². The van der Waals surface area contributed by atoms with Gasteiger partial charge < -0.3 is 15.2 Å². The maximum absolute atomic E-state index is 11.0. The second kappa shape index (κ2) is 5.39. The second-order valence-electron chi connectivity index (χ2n) is 4.99. The summed E-state index contributed by atoms with van der Waals surface area (Å²) in [5.41, 5.74) is 2.88. The Kier molecular flexibility index (Phi) is 4.02. The van der Waals surface area contributed by atoms with E-state index in [9.17, 15) is 4.79 Å². The number of hydrogen-bond acceptors (Lipinski definition) is 3. The molecule has 0 aliphatic carbocycles. The number of nitrogens with one attached hydrogen (secondary N) is 1. The minimum atomic E-state index is -0.753. The second-order valence-corrected chi connectivity index (χ2v) is 5.36. The van der Waals surface area contributed by atoms with Crippen LogP contribution in [0.25, 0.3) is 0 Å². The van der Waals surface area contributed by atoms with Gasteiger partial charge in [-0.2, -0.15) is 0 Å². The molecule has 1 aliphatic heterocycles. The van der Waals surface area contributed by atoms with Gasteiger partial charge in [0.15, 0.2) is 0 Å². The summed E-state index contributed by atoms with van der Waals surface area (Å²) in [6.07, 6.45) is 0.576. The number of ether oxygens (including phenoxy) is 1. The molecule has 1 heterocycles. The van der Waals surface area contributed by atoms with E-state index in [2.05, 4.69) is 5.32 Å². The van der Waals surface area contributed by atoms with Gasteiger partial charge in [-0.05, 0) is 31.9 Å². The van der Waals surface area contributed by atoms with E-state index in [1.807, 2.05) is 19.9 Å². The van der Waals surface area contributed by atoms with E-state index in [-0.39, 0.29) is 12.0 Å².